The van der Waals surface area contributed by atoms with E-state index in [4.69, 9.17) is 14.7 Å². The fraction of sp³-hybridized carbons (Fsp3) is 0.909. The summed E-state index contributed by atoms with van der Waals surface area (Å²) in [5.74, 6) is -0.864. The van der Waals surface area contributed by atoms with E-state index in [1.165, 1.54) is 0 Å². The number of nitrogens with one attached hydrogen (secondary N) is 2. The topological polar surface area (TPSA) is 79.8 Å². The molecule has 0 spiro atoms. The molecule has 0 aromatic carbocycles. The van der Waals surface area contributed by atoms with Gasteiger partial charge in [-0.2, -0.15) is 5.48 Å². The fourth-order valence-electron chi connectivity index (χ4n) is 1.06. The van der Waals surface area contributed by atoms with Crippen molar-refractivity contribution in [1.82, 2.24) is 10.8 Å². The Bertz CT molecular complexity index is 200. The van der Waals surface area contributed by atoms with Gasteiger partial charge in [-0.3, -0.25) is 4.79 Å². The molecule has 6 nitrogen and oxygen atoms in total. The Morgan fingerprint density at radius 2 is 2.00 bits per heavy atom. The van der Waals surface area contributed by atoms with Crippen LogP contribution in [0.15, 0.2) is 0 Å². The quantitative estimate of drug-likeness (QED) is 0.362. The summed E-state index contributed by atoms with van der Waals surface area (Å²) < 4.78 is 5.41. The zero-order chi connectivity index (χ0) is 13.1. The van der Waals surface area contributed by atoms with Crippen LogP contribution in [0.25, 0.3) is 0 Å². The number of carbonyl (C=O) groups is 1. The van der Waals surface area contributed by atoms with Crippen LogP contribution < -0.4 is 10.8 Å². The first-order chi connectivity index (χ1) is 8.02. The van der Waals surface area contributed by atoms with Gasteiger partial charge in [0.05, 0.1) is 19.3 Å². The van der Waals surface area contributed by atoms with E-state index >= 15 is 0 Å². The molecule has 0 fully saturated rings. The highest BCUT2D eigenvalue weighted by molar-refractivity contribution is 5.68. The first-order valence-electron chi connectivity index (χ1n) is 5.93. The molecule has 0 heterocycles. The predicted octanol–water partition coefficient (Wildman–Crippen LogP) is 0.385. The summed E-state index contributed by atoms with van der Waals surface area (Å²) in [6.07, 6.45) is 1.13. The zero-order valence-corrected chi connectivity index (χ0v) is 10.9. The normalized spacial score (nSPS) is 12.9. The maximum Gasteiger partial charge on any atom is 0.317 e. The molecule has 0 aliphatic rings. The summed E-state index contributed by atoms with van der Waals surface area (Å²) in [4.78, 5) is 15.4. The molecule has 0 aromatic rings. The third-order valence-electron chi connectivity index (χ3n) is 1.94. The summed E-state index contributed by atoms with van der Waals surface area (Å²) in [5, 5.41) is 11.1. The van der Waals surface area contributed by atoms with Crippen molar-refractivity contribution >= 4 is 5.97 Å². The molecule has 102 valence electrons. The monoisotopic (exact) mass is 248 g/mol. The van der Waals surface area contributed by atoms with Gasteiger partial charge in [-0.05, 0) is 27.2 Å². The van der Waals surface area contributed by atoms with Crippen molar-refractivity contribution in [3.63, 3.8) is 0 Å². The van der Waals surface area contributed by atoms with Gasteiger partial charge in [0.2, 0.25) is 0 Å². The van der Waals surface area contributed by atoms with E-state index in [-0.39, 0.29) is 18.7 Å². The molecule has 0 aliphatic heterocycles. The summed E-state index contributed by atoms with van der Waals surface area (Å²) >= 11 is 0. The Morgan fingerprint density at radius 1 is 1.29 bits per heavy atom. The first kappa shape index (κ1) is 16.3. The molecule has 1 unspecified atom stereocenters. The number of carboxylic acid groups (broad SMARTS) is 1. The molecule has 0 bridgehead atoms. The van der Waals surface area contributed by atoms with Gasteiger partial charge >= 0.3 is 5.97 Å². The maximum absolute atomic E-state index is 10.2. The summed E-state index contributed by atoms with van der Waals surface area (Å²) in [5.41, 5.74) is 2.88. The summed E-state index contributed by atoms with van der Waals surface area (Å²) in [7, 11) is 0. The molecule has 0 aromatic heterocycles. The number of hydroxylamine groups is 1. The van der Waals surface area contributed by atoms with Crippen molar-refractivity contribution in [2.45, 2.75) is 39.3 Å². The van der Waals surface area contributed by atoms with Crippen molar-refractivity contribution in [3.8, 4) is 0 Å². The van der Waals surface area contributed by atoms with Gasteiger partial charge in [-0.1, -0.05) is 0 Å². The van der Waals surface area contributed by atoms with Gasteiger partial charge in [0.1, 0.15) is 0 Å². The third kappa shape index (κ3) is 13.2. The minimum atomic E-state index is -0.864. The Hall–Kier alpha value is -0.690. The second-order valence-electron chi connectivity index (χ2n) is 4.15. The van der Waals surface area contributed by atoms with Crippen molar-refractivity contribution in [3.05, 3.63) is 0 Å². The Labute approximate surface area is 103 Å². The molecule has 17 heavy (non-hydrogen) atoms. The van der Waals surface area contributed by atoms with E-state index in [0.29, 0.717) is 19.8 Å². The molecular weight excluding hydrogens is 224 g/mol. The standard InChI is InChI=1S/C11H24N2O4/c1-9(2)16-6-4-10(3)13-17-7-5-12-8-11(14)15/h9-10,12-13H,4-8H2,1-3H3,(H,14,15). The van der Waals surface area contributed by atoms with E-state index in [2.05, 4.69) is 10.8 Å². The minimum Gasteiger partial charge on any atom is -0.480 e. The average Bonchev–Trinajstić information content (AvgIpc) is 2.22. The molecular formula is C11H24N2O4. The third-order valence-corrected chi connectivity index (χ3v) is 1.94. The highest BCUT2D eigenvalue weighted by Crippen LogP contribution is 1.95. The van der Waals surface area contributed by atoms with Crippen LogP contribution in [0.5, 0.6) is 0 Å². The first-order valence-corrected chi connectivity index (χ1v) is 5.93. The van der Waals surface area contributed by atoms with E-state index in [1.54, 1.807) is 0 Å². The lowest BCUT2D eigenvalue weighted by Crippen LogP contribution is -2.32. The van der Waals surface area contributed by atoms with Gasteiger partial charge in [0.25, 0.3) is 0 Å². The van der Waals surface area contributed by atoms with Gasteiger partial charge in [-0.25, -0.2) is 0 Å². The number of ether oxygens (including phenoxy) is 1. The van der Waals surface area contributed by atoms with Gasteiger partial charge in [-0.15, -0.1) is 0 Å². The van der Waals surface area contributed by atoms with Crippen molar-refractivity contribution in [2.75, 3.05) is 26.3 Å². The second kappa shape index (κ2) is 10.5. The Balaban J connectivity index is 3.21. The van der Waals surface area contributed by atoms with Crippen molar-refractivity contribution in [2.24, 2.45) is 0 Å². The van der Waals surface area contributed by atoms with Crippen LogP contribution >= 0.6 is 0 Å². The molecule has 0 amide bonds. The van der Waals surface area contributed by atoms with E-state index in [1.807, 2.05) is 20.8 Å². The van der Waals surface area contributed by atoms with Crippen molar-refractivity contribution in [1.29, 1.82) is 0 Å². The van der Waals surface area contributed by atoms with Crippen molar-refractivity contribution < 1.29 is 19.5 Å². The number of hydrogen-bond acceptors (Lipinski definition) is 5. The molecule has 0 saturated carbocycles. The molecule has 6 heteroatoms. The van der Waals surface area contributed by atoms with Crippen LogP contribution in [0.4, 0.5) is 0 Å². The molecule has 0 rings (SSSR count). The van der Waals surface area contributed by atoms with Crippen LogP contribution in [0, 0.1) is 0 Å². The molecule has 0 radical (unpaired) electrons. The highest BCUT2D eigenvalue weighted by atomic mass is 16.6. The number of rotatable bonds is 11. The number of carboxylic acids is 1. The summed E-state index contributed by atoms with van der Waals surface area (Å²) in [6.45, 7) is 7.62. The lowest BCUT2D eigenvalue weighted by atomic mass is 10.3. The lowest BCUT2D eigenvalue weighted by Gasteiger charge is -2.14. The van der Waals surface area contributed by atoms with Crippen LogP contribution in [-0.4, -0.2) is 49.5 Å². The predicted molar refractivity (Wildman–Crippen MR) is 64.8 cm³/mol. The average molecular weight is 248 g/mol. The maximum atomic E-state index is 10.2. The fourth-order valence-corrected chi connectivity index (χ4v) is 1.06. The molecule has 3 N–H and O–H groups in total. The molecule has 1 atom stereocenters. The van der Waals surface area contributed by atoms with Gasteiger partial charge in [0.15, 0.2) is 0 Å². The van der Waals surface area contributed by atoms with E-state index < -0.39 is 5.97 Å². The molecule has 0 saturated heterocycles. The minimum absolute atomic E-state index is 0.0405. The Morgan fingerprint density at radius 3 is 2.59 bits per heavy atom. The number of aliphatic carboxylic acids is 1. The van der Waals surface area contributed by atoms with E-state index in [0.717, 1.165) is 6.42 Å². The smallest absolute Gasteiger partial charge is 0.317 e. The SMILES string of the molecule is CC(CCOC(C)C)NOCCNCC(=O)O. The van der Waals surface area contributed by atoms with Crippen LogP contribution in [-0.2, 0) is 14.4 Å². The Kier molecular flexibility index (Phi) is 10.0. The van der Waals surface area contributed by atoms with Gasteiger partial charge < -0.3 is 20.0 Å². The van der Waals surface area contributed by atoms with Crippen LogP contribution in [0.2, 0.25) is 0 Å². The second-order valence-corrected chi connectivity index (χ2v) is 4.15. The lowest BCUT2D eigenvalue weighted by molar-refractivity contribution is -0.136. The van der Waals surface area contributed by atoms with E-state index in [9.17, 15) is 4.79 Å². The number of hydrogen-bond donors (Lipinski definition) is 3. The largest absolute Gasteiger partial charge is 0.480 e. The highest BCUT2D eigenvalue weighted by Gasteiger charge is 2.02. The van der Waals surface area contributed by atoms with Crippen LogP contribution in [0.3, 0.4) is 0 Å². The molecule has 0 aliphatic carbocycles. The van der Waals surface area contributed by atoms with Crippen LogP contribution in [0.1, 0.15) is 27.2 Å². The zero-order valence-electron chi connectivity index (χ0n) is 10.9. The van der Waals surface area contributed by atoms with Gasteiger partial charge in [0, 0.05) is 19.2 Å². The summed E-state index contributed by atoms with van der Waals surface area (Å²) in [6, 6.07) is 0.216.